The lowest BCUT2D eigenvalue weighted by atomic mass is 9.60. The van der Waals surface area contributed by atoms with Crippen molar-refractivity contribution in [2.45, 2.75) is 101 Å². The molecule has 13 N–H and O–H groups in total. The van der Waals surface area contributed by atoms with E-state index in [1.54, 1.807) is 0 Å². The molecule has 10 heteroatoms. The van der Waals surface area contributed by atoms with Gasteiger partial charge in [-0.1, -0.05) is 61.7 Å². The minimum atomic E-state index is -0.626. The maximum atomic E-state index is 13.1. The molecule has 0 fully saturated rings. The number of amides is 1. The Morgan fingerprint density at radius 3 is 1.38 bits per heavy atom. The third-order valence-corrected chi connectivity index (χ3v) is 10.4. The topological polar surface area (TPSA) is 219 Å². The van der Waals surface area contributed by atoms with Crippen LogP contribution in [-0.2, 0) is 27.2 Å². The fourth-order valence-corrected chi connectivity index (χ4v) is 7.54. The van der Waals surface area contributed by atoms with Crippen molar-refractivity contribution in [1.82, 2.24) is 0 Å². The van der Waals surface area contributed by atoms with Gasteiger partial charge in [0.2, 0.25) is 5.91 Å². The van der Waals surface area contributed by atoms with Crippen LogP contribution < -0.4 is 39.7 Å². The van der Waals surface area contributed by atoms with Crippen molar-refractivity contribution in [2.75, 3.05) is 25.0 Å². The van der Waals surface area contributed by atoms with E-state index in [1.165, 1.54) is 16.7 Å². The molecule has 0 unspecified atom stereocenters. The van der Waals surface area contributed by atoms with Crippen molar-refractivity contribution in [3.63, 3.8) is 0 Å². The summed E-state index contributed by atoms with van der Waals surface area (Å²) >= 11 is 0. The summed E-state index contributed by atoms with van der Waals surface area (Å²) in [5.41, 5.74) is 45.1. The number of hydrogen-bond acceptors (Lipinski definition) is 9. The lowest BCUT2D eigenvalue weighted by Crippen LogP contribution is -2.35. The summed E-state index contributed by atoms with van der Waals surface area (Å²) in [6.07, 6.45) is 7.27. The van der Waals surface area contributed by atoms with Gasteiger partial charge in [-0.25, -0.2) is 0 Å². The highest BCUT2D eigenvalue weighted by Crippen LogP contribution is 2.56. The molecule has 50 heavy (non-hydrogen) atoms. The van der Waals surface area contributed by atoms with E-state index in [0.717, 1.165) is 66.3 Å². The molecule has 0 spiro atoms. The molecule has 0 saturated heterocycles. The molecule has 3 atom stereocenters. The average molecular weight is 682 g/mol. The zero-order valence-electron chi connectivity index (χ0n) is 29.2. The van der Waals surface area contributed by atoms with Crippen molar-refractivity contribution in [1.29, 1.82) is 0 Å². The lowest BCUT2D eigenvalue weighted by Gasteiger charge is -2.43. The average Bonchev–Trinajstić information content (AvgIpc) is 3.11. The number of unbranched alkanes of at least 4 members (excludes halogenated alkanes) is 3. The van der Waals surface area contributed by atoms with E-state index in [-0.39, 0.29) is 42.2 Å². The van der Waals surface area contributed by atoms with Crippen molar-refractivity contribution in [3.05, 3.63) is 99.1 Å². The number of ketones is 2. The molecule has 3 aliphatic carbocycles. The summed E-state index contributed by atoms with van der Waals surface area (Å²) in [5, 5.41) is 3.04. The number of nitrogens with one attached hydrogen (secondary N) is 1. The van der Waals surface area contributed by atoms with Crippen LogP contribution in [0.1, 0.15) is 114 Å². The molecule has 2 bridgehead atoms. The van der Waals surface area contributed by atoms with Gasteiger partial charge in [0.05, 0.1) is 18.1 Å². The molecule has 268 valence electrons. The van der Waals surface area contributed by atoms with Crippen molar-refractivity contribution in [2.24, 2.45) is 34.4 Å². The number of benzene rings is 3. The molecular weight excluding hydrogens is 626 g/mol. The van der Waals surface area contributed by atoms with Crippen LogP contribution in [-0.4, -0.2) is 55.2 Å². The molecule has 0 radical (unpaired) electrons. The lowest BCUT2D eigenvalue weighted by molar-refractivity contribution is -0.120. The van der Waals surface area contributed by atoms with Crippen molar-refractivity contribution >= 4 is 23.2 Å². The first-order valence-corrected chi connectivity index (χ1v) is 18.3. The highest BCUT2D eigenvalue weighted by Gasteiger charge is 2.42. The van der Waals surface area contributed by atoms with Crippen LogP contribution in [0.5, 0.6) is 0 Å². The maximum Gasteiger partial charge on any atom is 0.241 e. The Balaban J connectivity index is 1.47. The molecule has 1 amide bonds. The predicted molar refractivity (Wildman–Crippen MR) is 200 cm³/mol. The van der Waals surface area contributed by atoms with Gasteiger partial charge in [-0.15, -0.1) is 0 Å². The fourth-order valence-electron chi connectivity index (χ4n) is 7.54. The quantitative estimate of drug-likeness (QED) is 0.0599. The summed E-state index contributed by atoms with van der Waals surface area (Å²) in [5.74, 6) is -0.386. The van der Waals surface area contributed by atoms with Gasteiger partial charge in [0, 0.05) is 30.4 Å². The fraction of sp³-hybridized carbons (Fsp3) is 0.475. The maximum absolute atomic E-state index is 13.1. The van der Waals surface area contributed by atoms with Gasteiger partial charge in [-0.2, -0.15) is 0 Å². The van der Waals surface area contributed by atoms with E-state index < -0.39 is 18.1 Å². The van der Waals surface area contributed by atoms with Crippen molar-refractivity contribution < 1.29 is 14.4 Å². The summed E-state index contributed by atoms with van der Waals surface area (Å²) < 4.78 is 0. The number of carbonyl (C=O) groups is 3. The third-order valence-electron chi connectivity index (χ3n) is 10.4. The van der Waals surface area contributed by atoms with E-state index in [2.05, 4.69) is 41.7 Å². The zero-order chi connectivity index (χ0) is 35.8. The van der Waals surface area contributed by atoms with Gasteiger partial charge in [0.25, 0.3) is 0 Å². The number of rotatable bonds is 20. The monoisotopic (exact) mass is 681 g/mol. The van der Waals surface area contributed by atoms with Gasteiger partial charge in [0.1, 0.15) is 0 Å². The first kappa shape index (κ1) is 37.5. The van der Waals surface area contributed by atoms with Crippen LogP contribution in [0.3, 0.4) is 0 Å². The Morgan fingerprint density at radius 1 is 0.520 bits per heavy atom. The van der Waals surface area contributed by atoms with Gasteiger partial charge in [-0.3, -0.25) is 14.4 Å². The molecule has 0 saturated carbocycles. The summed E-state index contributed by atoms with van der Waals surface area (Å²) in [7, 11) is 0. The Kier molecular flexibility index (Phi) is 13.1. The largest absolute Gasteiger partial charge is 0.330 e. The van der Waals surface area contributed by atoms with Gasteiger partial charge in [-0.05, 0) is 115 Å². The molecule has 0 aromatic heterocycles. The molecule has 10 nitrogen and oxygen atoms in total. The van der Waals surface area contributed by atoms with Crippen LogP contribution in [0, 0.1) is 0 Å². The molecule has 0 aliphatic heterocycles. The van der Waals surface area contributed by atoms with E-state index in [1.807, 2.05) is 18.2 Å². The second-order valence-corrected chi connectivity index (χ2v) is 14.1. The molecule has 6 rings (SSSR count). The first-order valence-electron chi connectivity index (χ1n) is 18.3. The second kappa shape index (κ2) is 17.4. The van der Waals surface area contributed by atoms with E-state index >= 15 is 0 Å². The Bertz CT molecular complexity index is 1480. The first-order chi connectivity index (χ1) is 24.2. The number of nitrogens with two attached hydrogens (primary N) is 6. The number of carbonyl (C=O) groups excluding carboxylic acids is 3. The third kappa shape index (κ3) is 8.57. The summed E-state index contributed by atoms with van der Waals surface area (Å²) in [6, 6.07) is 17.1. The highest BCUT2D eigenvalue weighted by molar-refractivity contribution is 5.95. The Labute approximate surface area is 296 Å². The zero-order valence-corrected chi connectivity index (χ0v) is 29.2. The van der Waals surface area contributed by atoms with Gasteiger partial charge in [0.15, 0.2) is 11.6 Å². The molecular formula is C40H55N7O3. The van der Waals surface area contributed by atoms with Gasteiger partial charge >= 0.3 is 0 Å². The summed E-state index contributed by atoms with van der Waals surface area (Å²) in [4.78, 5) is 39.3. The number of anilines is 1. The number of hydrogen-bond donors (Lipinski definition) is 7. The van der Waals surface area contributed by atoms with Gasteiger partial charge < -0.3 is 39.7 Å². The Hall–Kier alpha value is -3.77. The normalized spacial score (nSPS) is 17.3. The van der Waals surface area contributed by atoms with Crippen LogP contribution in [0.15, 0.2) is 54.6 Å². The molecule has 3 aromatic carbocycles. The highest BCUT2D eigenvalue weighted by atomic mass is 16.2. The molecule has 3 aliphatic rings. The molecule has 0 heterocycles. The summed E-state index contributed by atoms with van der Waals surface area (Å²) in [6.45, 7) is 1.74. The van der Waals surface area contributed by atoms with Crippen molar-refractivity contribution in [3.8, 4) is 0 Å². The predicted octanol–water partition coefficient (Wildman–Crippen LogP) is 3.20. The minimum Gasteiger partial charge on any atom is -0.330 e. The van der Waals surface area contributed by atoms with Crippen LogP contribution in [0.25, 0.3) is 0 Å². The Morgan fingerprint density at radius 2 is 0.920 bits per heavy atom. The SMILES string of the molecule is NCCCC[C@@H](N)C(=O)Cc1ccc2c(c1)C1c3cc(CC(=O)[C@H](N)CCCCN)ccc3C2c2ccc(NC(=O)[C@H](N)CCCCN)cc21. The minimum absolute atomic E-state index is 0.0140. The smallest absolute Gasteiger partial charge is 0.241 e. The van der Waals surface area contributed by atoms with E-state index in [0.29, 0.717) is 44.6 Å². The van der Waals surface area contributed by atoms with E-state index in [9.17, 15) is 14.4 Å². The van der Waals surface area contributed by atoms with E-state index in [4.69, 9.17) is 34.4 Å². The second-order valence-electron chi connectivity index (χ2n) is 14.1. The van der Waals surface area contributed by atoms with Crippen LogP contribution in [0.4, 0.5) is 5.69 Å². The standard InChI is InChI=1S/C40H55N7O3/c41-16-4-1-7-33(44)36(48)21-24-10-13-27-30(19-24)39-31-20-25(22-37(49)34(45)8-2-5-17-42)11-14-28(31)38(27)29-15-12-26(23-32(29)39)47-40(50)35(46)9-3-6-18-43/h10-15,19-20,23,33-35,38-39H,1-9,16-18,21-22,41-46H2,(H,47,50)/t33-,34-,35-,38?,39?/m1/s1. The molecule has 3 aromatic rings. The van der Waals surface area contributed by atoms with Crippen LogP contribution >= 0.6 is 0 Å². The van der Waals surface area contributed by atoms with Crippen LogP contribution in [0.2, 0.25) is 0 Å². The number of Topliss-reactive ketones (excluding diaryl/α,β-unsaturated/α-hetero) is 2.